The lowest BCUT2D eigenvalue weighted by Crippen LogP contribution is -2.01. The third-order valence-electron chi connectivity index (χ3n) is 3.87. The number of rotatable bonds is 2. The Balaban J connectivity index is 2.34. The van der Waals surface area contributed by atoms with Crippen molar-refractivity contribution in [2.75, 3.05) is 6.79 Å². The molecule has 0 saturated heterocycles. The molecule has 0 radical (unpaired) electrons. The van der Waals surface area contributed by atoms with Crippen LogP contribution in [0.25, 0.3) is 21.5 Å². The number of carbonyl (C=O) groups is 1. The molecule has 4 rings (SSSR count). The molecule has 0 saturated carbocycles. The van der Waals surface area contributed by atoms with Gasteiger partial charge in [0.05, 0.1) is 15.9 Å². The number of aromatic carboxylic acids is 1. The number of ether oxygens (including phenoxy) is 2. The molecule has 7 heteroatoms. The summed E-state index contributed by atoms with van der Waals surface area (Å²) >= 11 is 0. The van der Waals surface area contributed by atoms with Gasteiger partial charge in [0.1, 0.15) is 0 Å². The Morgan fingerprint density at radius 2 is 1.96 bits per heavy atom. The van der Waals surface area contributed by atoms with Crippen LogP contribution in [-0.4, -0.2) is 22.8 Å². The fourth-order valence-corrected chi connectivity index (χ4v) is 2.95. The highest BCUT2D eigenvalue weighted by Crippen LogP contribution is 2.47. The summed E-state index contributed by atoms with van der Waals surface area (Å²) in [5.74, 6) is -0.642. The second kappa shape index (κ2) is 4.57. The summed E-state index contributed by atoms with van der Waals surface area (Å²) in [5.41, 5.74) is -0.448. The summed E-state index contributed by atoms with van der Waals surface area (Å²) in [6, 6.07) is 9.70. The summed E-state index contributed by atoms with van der Waals surface area (Å²) in [7, 11) is 0. The second-order valence-corrected chi connectivity index (χ2v) is 5.09. The van der Waals surface area contributed by atoms with Gasteiger partial charge in [-0.05, 0) is 16.8 Å². The molecule has 0 atom stereocenters. The summed E-state index contributed by atoms with van der Waals surface area (Å²) in [6.07, 6.45) is 0. The van der Waals surface area contributed by atoms with E-state index in [0.717, 1.165) is 0 Å². The largest absolute Gasteiger partial charge is 0.478 e. The van der Waals surface area contributed by atoms with Crippen LogP contribution >= 0.6 is 0 Å². The summed E-state index contributed by atoms with van der Waals surface area (Å²) in [4.78, 5) is 22.5. The molecule has 0 fully saturated rings. The predicted octanol–water partition coefficient (Wildman–Crippen LogP) is 3.33. The summed E-state index contributed by atoms with van der Waals surface area (Å²) in [5, 5.41) is 22.7. The smallest absolute Gasteiger partial charge is 0.336 e. The molecule has 0 aliphatic carbocycles. The van der Waals surface area contributed by atoms with Crippen molar-refractivity contribution in [3.05, 3.63) is 52.1 Å². The van der Waals surface area contributed by atoms with Gasteiger partial charge in [0.25, 0.3) is 5.69 Å². The highest BCUT2D eigenvalue weighted by Gasteiger charge is 2.29. The van der Waals surface area contributed by atoms with Crippen LogP contribution in [0.2, 0.25) is 0 Å². The topological polar surface area (TPSA) is 98.9 Å². The summed E-state index contributed by atoms with van der Waals surface area (Å²) < 4.78 is 10.7. The van der Waals surface area contributed by atoms with E-state index in [-0.39, 0.29) is 29.2 Å². The van der Waals surface area contributed by atoms with Gasteiger partial charge in [-0.25, -0.2) is 4.79 Å². The molecule has 0 aromatic heterocycles. The number of nitrogens with zero attached hydrogens (tertiary/aromatic N) is 1. The minimum Gasteiger partial charge on any atom is -0.478 e. The number of fused-ring (bicyclic) bond motifs is 5. The van der Waals surface area contributed by atoms with Gasteiger partial charge in [-0.15, -0.1) is 0 Å². The molecule has 3 aromatic rings. The van der Waals surface area contributed by atoms with Gasteiger partial charge in [0.15, 0.2) is 11.5 Å². The normalized spacial score (nSPS) is 12.7. The average molecular weight is 311 g/mol. The van der Waals surface area contributed by atoms with E-state index in [4.69, 9.17) is 9.47 Å². The lowest BCUT2D eigenvalue weighted by Gasteiger charge is -2.10. The van der Waals surface area contributed by atoms with E-state index < -0.39 is 10.9 Å². The first-order valence-electron chi connectivity index (χ1n) is 6.73. The minimum atomic E-state index is -1.26. The standard InChI is InChI=1S/C16H9NO6/c18-16(19)10-6-12-15(23-7-22-12)14-9-4-2-1-3-8(9)5-11(13(10)14)17(20)21/h1-6H,7H2,(H,18,19). The van der Waals surface area contributed by atoms with Crippen LogP contribution in [0.4, 0.5) is 5.69 Å². The number of hydrogen-bond donors (Lipinski definition) is 1. The molecule has 0 amide bonds. The first kappa shape index (κ1) is 13.3. The fraction of sp³-hybridized carbons (Fsp3) is 0.0625. The van der Waals surface area contributed by atoms with Crippen molar-refractivity contribution in [3.63, 3.8) is 0 Å². The number of carboxylic acids is 1. The fourth-order valence-electron chi connectivity index (χ4n) is 2.95. The Bertz CT molecular complexity index is 1010. The molecule has 1 heterocycles. The molecule has 7 nitrogen and oxygen atoms in total. The van der Waals surface area contributed by atoms with Crippen LogP contribution in [0.5, 0.6) is 11.5 Å². The maximum Gasteiger partial charge on any atom is 0.336 e. The molecule has 1 aliphatic rings. The maximum absolute atomic E-state index is 11.6. The lowest BCUT2D eigenvalue weighted by atomic mass is 9.95. The van der Waals surface area contributed by atoms with Crippen molar-refractivity contribution in [1.82, 2.24) is 0 Å². The van der Waals surface area contributed by atoms with Gasteiger partial charge >= 0.3 is 5.97 Å². The molecule has 0 spiro atoms. The zero-order chi connectivity index (χ0) is 16.1. The van der Waals surface area contributed by atoms with Crippen molar-refractivity contribution in [2.24, 2.45) is 0 Å². The van der Waals surface area contributed by atoms with Crippen LogP contribution in [0.1, 0.15) is 10.4 Å². The summed E-state index contributed by atoms with van der Waals surface area (Å²) in [6.45, 7) is -0.0511. The van der Waals surface area contributed by atoms with Crippen molar-refractivity contribution in [3.8, 4) is 11.5 Å². The van der Waals surface area contributed by atoms with E-state index in [0.29, 0.717) is 21.9 Å². The SMILES string of the molecule is O=C(O)c1cc2c(c3c1c([N+](=O)[O-])cc1ccccc13)OCO2. The average Bonchev–Trinajstić information content (AvgIpc) is 3.00. The van der Waals surface area contributed by atoms with Gasteiger partial charge < -0.3 is 14.6 Å². The Hall–Kier alpha value is -3.35. The van der Waals surface area contributed by atoms with Crippen molar-refractivity contribution < 1.29 is 24.3 Å². The number of benzene rings is 3. The monoisotopic (exact) mass is 311 g/mol. The first-order valence-corrected chi connectivity index (χ1v) is 6.73. The van der Waals surface area contributed by atoms with Crippen molar-refractivity contribution in [1.29, 1.82) is 0 Å². The van der Waals surface area contributed by atoms with Crippen molar-refractivity contribution in [2.45, 2.75) is 0 Å². The van der Waals surface area contributed by atoms with E-state index in [1.54, 1.807) is 24.3 Å². The zero-order valence-electron chi connectivity index (χ0n) is 11.6. The van der Waals surface area contributed by atoms with Gasteiger partial charge in [-0.2, -0.15) is 0 Å². The van der Waals surface area contributed by atoms with Gasteiger partial charge in [0.2, 0.25) is 6.79 Å². The molecule has 1 aliphatic heterocycles. The highest BCUT2D eigenvalue weighted by molar-refractivity contribution is 6.21. The third-order valence-corrected chi connectivity index (χ3v) is 3.87. The lowest BCUT2D eigenvalue weighted by molar-refractivity contribution is -0.383. The number of nitro benzene ring substituents is 1. The quantitative estimate of drug-likeness (QED) is 0.443. The Labute approximate surface area is 128 Å². The Morgan fingerprint density at radius 1 is 1.17 bits per heavy atom. The van der Waals surface area contributed by atoms with Gasteiger partial charge in [-0.3, -0.25) is 10.1 Å². The number of carboxylic acid groups (broad SMARTS) is 1. The van der Waals surface area contributed by atoms with E-state index in [9.17, 15) is 20.0 Å². The highest BCUT2D eigenvalue weighted by atomic mass is 16.7. The van der Waals surface area contributed by atoms with Gasteiger partial charge in [-0.1, -0.05) is 24.3 Å². The van der Waals surface area contributed by atoms with E-state index in [1.807, 2.05) is 0 Å². The number of hydrogen-bond acceptors (Lipinski definition) is 5. The van der Waals surface area contributed by atoms with Crippen LogP contribution in [0.3, 0.4) is 0 Å². The van der Waals surface area contributed by atoms with E-state index >= 15 is 0 Å². The Kier molecular flexibility index (Phi) is 2.65. The van der Waals surface area contributed by atoms with E-state index in [2.05, 4.69) is 0 Å². The molecule has 23 heavy (non-hydrogen) atoms. The second-order valence-electron chi connectivity index (χ2n) is 5.09. The predicted molar refractivity (Wildman–Crippen MR) is 81.2 cm³/mol. The molecule has 0 unspecified atom stereocenters. The van der Waals surface area contributed by atoms with Crippen LogP contribution in [-0.2, 0) is 0 Å². The van der Waals surface area contributed by atoms with Crippen LogP contribution in [0, 0.1) is 10.1 Å². The van der Waals surface area contributed by atoms with Gasteiger partial charge in [0, 0.05) is 11.5 Å². The molecule has 0 bridgehead atoms. The van der Waals surface area contributed by atoms with Crippen LogP contribution in [0.15, 0.2) is 36.4 Å². The van der Waals surface area contributed by atoms with Crippen molar-refractivity contribution >= 4 is 33.2 Å². The molecule has 3 aromatic carbocycles. The third kappa shape index (κ3) is 1.80. The maximum atomic E-state index is 11.6. The van der Waals surface area contributed by atoms with Crippen LogP contribution < -0.4 is 9.47 Å². The number of nitro groups is 1. The zero-order valence-corrected chi connectivity index (χ0v) is 11.6. The number of non-ortho nitro benzene ring substituents is 1. The van der Waals surface area contributed by atoms with E-state index in [1.165, 1.54) is 12.1 Å². The minimum absolute atomic E-state index is 0.0467. The molecule has 1 N–H and O–H groups in total. The molecule has 114 valence electrons. The molecular weight excluding hydrogens is 302 g/mol. The first-order chi connectivity index (χ1) is 11.1. The molecular formula is C16H9NO6. The Morgan fingerprint density at radius 3 is 2.70 bits per heavy atom.